The molecule has 0 radical (unpaired) electrons. The Morgan fingerprint density at radius 3 is 2.91 bits per heavy atom. The zero-order valence-electron chi connectivity index (χ0n) is 13.2. The fraction of sp³-hybridized carbons (Fsp3) is 0.412. The third-order valence-corrected chi connectivity index (χ3v) is 4.85. The fourth-order valence-electron chi connectivity index (χ4n) is 2.60. The van der Waals surface area contributed by atoms with Gasteiger partial charge < -0.3 is 14.5 Å². The molecule has 0 saturated heterocycles. The van der Waals surface area contributed by atoms with Crippen molar-refractivity contribution in [1.29, 1.82) is 0 Å². The van der Waals surface area contributed by atoms with Gasteiger partial charge in [0, 0.05) is 4.88 Å². The van der Waals surface area contributed by atoms with Gasteiger partial charge in [-0.25, -0.2) is 4.79 Å². The van der Waals surface area contributed by atoms with E-state index in [1.807, 2.05) is 13.8 Å². The molecule has 0 aromatic carbocycles. The smallest absolute Gasteiger partial charge is 0.341 e. The summed E-state index contributed by atoms with van der Waals surface area (Å²) in [7, 11) is 0. The number of hydrogen-bond acceptors (Lipinski definition) is 5. The van der Waals surface area contributed by atoms with Gasteiger partial charge in [0.15, 0.2) is 5.76 Å². The van der Waals surface area contributed by atoms with Crippen LogP contribution in [0, 0.1) is 5.92 Å². The second-order valence-electron chi connectivity index (χ2n) is 5.99. The number of aryl methyl sites for hydroxylation is 1. The van der Waals surface area contributed by atoms with Crippen LogP contribution in [0.4, 0.5) is 5.00 Å². The minimum atomic E-state index is -0.354. The van der Waals surface area contributed by atoms with Crippen LogP contribution in [0.15, 0.2) is 22.8 Å². The van der Waals surface area contributed by atoms with Gasteiger partial charge in [-0.05, 0) is 42.9 Å². The lowest BCUT2D eigenvalue weighted by atomic mass is 10.1. The molecule has 3 rings (SSSR count). The summed E-state index contributed by atoms with van der Waals surface area (Å²) in [6, 6.07) is 3.24. The Morgan fingerprint density at radius 2 is 2.22 bits per heavy atom. The number of esters is 1. The molecule has 1 amide bonds. The topological polar surface area (TPSA) is 68.5 Å². The lowest BCUT2D eigenvalue weighted by Gasteiger charge is -2.10. The summed E-state index contributed by atoms with van der Waals surface area (Å²) in [4.78, 5) is 25.8. The van der Waals surface area contributed by atoms with Crippen LogP contribution in [0.25, 0.3) is 0 Å². The predicted molar refractivity (Wildman–Crippen MR) is 88.1 cm³/mol. The molecule has 0 unspecified atom stereocenters. The van der Waals surface area contributed by atoms with E-state index in [2.05, 4.69) is 5.32 Å². The first-order valence-corrected chi connectivity index (χ1v) is 8.54. The van der Waals surface area contributed by atoms with Gasteiger partial charge in [0.05, 0.1) is 18.4 Å². The Bertz CT molecular complexity index is 715. The second kappa shape index (κ2) is 6.58. The summed E-state index contributed by atoms with van der Waals surface area (Å²) in [5.41, 5.74) is 1.54. The van der Waals surface area contributed by atoms with E-state index in [4.69, 9.17) is 9.15 Å². The van der Waals surface area contributed by atoms with Gasteiger partial charge in [-0.1, -0.05) is 13.8 Å². The predicted octanol–water partition coefficient (Wildman–Crippen LogP) is 3.89. The molecule has 2 aromatic rings. The monoisotopic (exact) mass is 333 g/mol. The van der Waals surface area contributed by atoms with Crippen molar-refractivity contribution in [2.75, 3.05) is 11.9 Å². The van der Waals surface area contributed by atoms with Crippen LogP contribution in [0.3, 0.4) is 0 Å². The van der Waals surface area contributed by atoms with E-state index >= 15 is 0 Å². The van der Waals surface area contributed by atoms with Crippen molar-refractivity contribution < 1.29 is 18.7 Å². The Morgan fingerprint density at radius 1 is 1.39 bits per heavy atom. The van der Waals surface area contributed by atoms with Gasteiger partial charge >= 0.3 is 5.97 Å². The van der Waals surface area contributed by atoms with E-state index in [0.29, 0.717) is 17.2 Å². The number of carbonyl (C=O) groups excluding carboxylic acids is 2. The Hall–Kier alpha value is -2.08. The molecule has 122 valence electrons. The molecule has 6 heteroatoms. The van der Waals surface area contributed by atoms with Crippen molar-refractivity contribution in [2.45, 2.75) is 33.1 Å². The van der Waals surface area contributed by atoms with Crippen LogP contribution in [0.5, 0.6) is 0 Å². The van der Waals surface area contributed by atoms with Crippen LogP contribution in [-0.2, 0) is 17.6 Å². The third-order valence-electron chi connectivity index (χ3n) is 3.65. The van der Waals surface area contributed by atoms with Crippen LogP contribution in [0.1, 0.15) is 51.6 Å². The molecule has 23 heavy (non-hydrogen) atoms. The van der Waals surface area contributed by atoms with Gasteiger partial charge in [0.25, 0.3) is 5.91 Å². The summed E-state index contributed by atoms with van der Waals surface area (Å²) in [6.45, 7) is 4.35. The van der Waals surface area contributed by atoms with Crippen LogP contribution < -0.4 is 5.32 Å². The number of ether oxygens (including phenoxy) is 1. The maximum absolute atomic E-state index is 12.5. The number of anilines is 1. The molecule has 5 nitrogen and oxygen atoms in total. The number of carbonyl (C=O) groups is 2. The molecular formula is C17H19NO4S. The summed E-state index contributed by atoms with van der Waals surface area (Å²) in [6.07, 6.45) is 4.29. The largest absolute Gasteiger partial charge is 0.462 e. The first-order valence-electron chi connectivity index (χ1n) is 7.72. The van der Waals surface area contributed by atoms with Crippen LogP contribution >= 0.6 is 11.3 Å². The lowest BCUT2D eigenvalue weighted by molar-refractivity contribution is 0.0459. The molecule has 2 aromatic heterocycles. The minimum Gasteiger partial charge on any atom is -0.462 e. The highest BCUT2D eigenvalue weighted by Crippen LogP contribution is 2.39. The average Bonchev–Trinajstić information content (AvgIpc) is 3.20. The van der Waals surface area contributed by atoms with Crippen molar-refractivity contribution in [2.24, 2.45) is 5.92 Å². The molecule has 0 aliphatic heterocycles. The van der Waals surface area contributed by atoms with Crippen molar-refractivity contribution >= 4 is 28.2 Å². The van der Waals surface area contributed by atoms with Gasteiger partial charge in [0.1, 0.15) is 5.00 Å². The third kappa shape index (κ3) is 3.32. The highest BCUT2D eigenvalue weighted by atomic mass is 32.1. The fourth-order valence-corrected chi connectivity index (χ4v) is 3.87. The first kappa shape index (κ1) is 15.8. The molecule has 0 atom stereocenters. The molecule has 2 heterocycles. The second-order valence-corrected chi connectivity index (χ2v) is 7.09. The summed E-state index contributed by atoms with van der Waals surface area (Å²) in [5.74, 6) is -0.215. The molecule has 1 aliphatic rings. The van der Waals surface area contributed by atoms with E-state index in [-0.39, 0.29) is 23.6 Å². The van der Waals surface area contributed by atoms with Crippen LogP contribution in [0.2, 0.25) is 0 Å². The zero-order chi connectivity index (χ0) is 16.4. The number of thiophene rings is 1. The van der Waals surface area contributed by atoms with Gasteiger partial charge in [-0.15, -0.1) is 11.3 Å². The van der Waals surface area contributed by atoms with Crippen molar-refractivity contribution in [1.82, 2.24) is 0 Å². The highest BCUT2D eigenvalue weighted by molar-refractivity contribution is 7.17. The standard InChI is InChI=1S/C17H19NO4S/c1-10(2)9-22-17(20)14-11-5-3-7-13(11)23-16(14)18-15(19)12-6-4-8-21-12/h4,6,8,10H,3,5,7,9H2,1-2H3,(H,18,19). The summed E-state index contributed by atoms with van der Waals surface area (Å²) < 4.78 is 10.5. The van der Waals surface area contributed by atoms with E-state index < -0.39 is 0 Å². The molecule has 0 fully saturated rings. The van der Waals surface area contributed by atoms with Crippen LogP contribution in [-0.4, -0.2) is 18.5 Å². The normalized spacial score (nSPS) is 13.2. The maximum Gasteiger partial charge on any atom is 0.341 e. The average molecular weight is 333 g/mol. The summed E-state index contributed by atoms with van der Waals surface area (Å²) >= 11 is 1.46. The molecule has 0 spiro atoms. The summed E-state index contributed by atoms with van der Waals surface area (Å²) in [5, 5.41) is 3.36. The Balaban J connectivity index is 1.85. The first-order chi connectivity index (χ1) is 11.1. The molecule has 0 bridgehead atoms. The van der Waals surface area contributed by atoms with Crippen molar-refractivity contribution in [3.63, 3.8) is 0 Å². The Labute approximate surface area is 138 Å². The van der Waals surface area contributed by atoms with Gasteiger partial charge in [-0.3, -0.25) is 4.79 Å². The number of amides is 1. The van der Waals surface area contributed by atoms with E-state index in [1.165, 1.54) is 17.6 Å². The lowest BCUT2D eigenvalue weighted by Crippen LogP contribution is -2.16. The zero-order valence-corrected chi connectivity index (χ0v) is 14.0. The molecule has 0 saturated carbocycles. The van der Waals surface area contributed by atoms with Crippen molar-refractivity contribution in [3.8, 4) is 0 Å². The maximum atomic E-state index is 12.5. The molecule has 1 N–H and O–H groups in total. The van der Waals surface area contributed by atoms with E-state index in [9.17, 15) is 9.59 Å². The number of nitrogens with one attached hydrogen (secondary N) is 1. The quantitative estimate of drug-likeness (QED) is 0.843. The van der Waals surface area contributed by atoms with Crippen molar-refractivity contribution in [3.05, 3.63) is 40.2 Å². The van der Waals surface area contributed by atoms with E-state index in [1.54, 1.807) is 12.1 Å². The number of hydrogen-bond donors (Lipinski definition) is 1. The molecule has 1 aliphatic carbocycles. The Kier molecular flexibility index (Phi) is 4.52. The van der Waals surface area contributed by atoms with E-state index in [0.717, 1.165) is 29.7 Å². The SMILES string of the molecule is CC(C)COC(=O)c1c(NC(=O)c2ccco2)sc2c1CCC2. The number of rotatable bonds is 5. The van der Waals surface area contributed by atoms with Gasteiger partial charge in [0.2, 0.25) is 0 Å². The number of fused-ring (bicyclic) bond motifs is 1. The molecular weight excluding hydrogens is 314 g/mol. The van der Waals surface area contributed by atoms with Gasteiger partial charge in [-0.2, -0.15) is 0 Å². The highest BCUT2D eigenvalue weighted by Gasteiger charge is 2.29. The minimum absolute atomic E-state index is 0.222. The number of furan rings is 1.